The van der Waals surface area contributed by atoms with Crippen molar-refractivity contribution in [3.05, 3.63) is 30.3 Å². The van der Waals surface area contributed by atoms with E-state index in [0.717, 1.165) is 0 Å². The van der Waals surface area contributed by atoms with Crippen LogP contribution in [-0.2, 0) is 9.59 Å². The first-order valence-electron chi connectivity index (χ1n) is 4.85. The highest BCUT2D eigenvalue weighted by Gasteiger charge is 2.31. The first-order chi connectivity index (χ1) is 7.18. The van der Waals surface area contributed by atoms with Gasteiger partial charge in [-0.05, 0) is 12.1 Å². The summed E-state index contributed by atoms with van der Waals surface area (Å²) in [6.45, 7) is 0. The van der Waals surface area contributed by atoms with Crippen LogP contribution in [0.4, 0.5) is 5.69 Å². The van der Waals surface area contributed by atoms with Crippen LogP contribution in [0.15, 0.2) is 30.3 Å². The normalized spacial score (nSPS) is 18.3. The lowest BCUT2D eigenvalue weighted by atomic mass is 10.0. The van der Waals surface area contributed by atoms with Gasteiger partial charge in [0.15, 0.2) is 0 Å². The van der Waals surface area contributed by atoms with Crippen LogP contribution in [0.1, 0.15) is 12.8 Å². The molecule has 1 heterocycles. The molecule has 2 amide bonds. The molecule has 2 rings (SSSR count). The Balaban J connectivity index is 2.29. The van der Waals surface area contributed by atoms with Gasteiger partial charge in [0.05, 0.1) is 5.69 Å². The first-order valence-corrected chi connectivity index (χ1v) is 4.85. The third-order valence-electron chi connectivity index (χ3n) is 2.39. The predicted octanol–water partition coefficient (Wildman–Crippen LogP) is 0.667. The zero-order valence-electron chi connectivity index (χ0n) is 8.22. The molecule has 0 spiro atoms. The third-order valence-corrected chi connectivity index (χ3v) is 2.39. The Labute approximate surface area is 87.7 Å². The van der Waals surface area contributed by atoms with Gasteiger partial charge in [-0.25, -0.2) is 0 Å². The van der Waals surface area contributed by atoms with E-state index in [1.54, 1.807) is 24.3 Å². The molecule has 0 aromatic heterocycles. The molecule has 1 aromatic carbocycles. The van der Waals surface area contributed by atoms with Crippen molar-refractivity contribution in [1.29, 1.82) is 0 Å². The third kappa shape index (κ3) is 1.89. The molecule has 0 atom stereocenters. The number of imide groups is 1. The van der Waals surface area contributed by atoms with Gasteiger partial charge in [-0.15, -0.1) is 0 Å². The van der Waals surface area contributed by atoms with Crippen LogP contribution >= 0.6 is 0 Å². The summed E-state index contributed by atoms with van der Waals surface area (Å²) >= 11 is 0. The lowest BCUT2D eigenvalue weighted by Gasteiger charge is -2.28. The Morgan fingerprint density at radius 2 is 1.60 bits per heavy atom. The molecule has 0 saturated carbocycles. The number of piperidine rings is 1. The lowest BCUT2D eigenvalue weighted by molar-refractivity contribution is -0.129. The van der Waals surface area contributed by atoms with Crippen LogP contribution in [0.3, 0.4) is 0 Å². The highest BCUT2D eigenvalue weighted by atomic mass is 16.2. The number of nitrogens with zero attached hydrogens (tertiary/aromatic N) is 1. The molecule has 1 saturated heterocycles. The van der Waals surface area contributed by atoms with E-state index in [1.165, 1.54) is 4.90 Å². The van der Waals surface area contributed by atoms with Crippen molar-refractivity contribution in [3.8, 4) is 0 Å². The average molecular weight is 204 g/mol. The molecule has 4 heteroatoms. The first kappa shape index (κ1) is 9.86. The molecule has 0 unspecified atom stereocenters. The maximum Gasteiger partial charge on any atom is 0.235 e. The predicted molar refractivity (Wildman–Crippen MR) is 56.1 cm³/mol. The molecule has 1 aliphatic rings. The van der Waals surface area contributed by atoms with E-state index in [-0.39, 0.29) is 30.7 Å². The van der Waals surface area contributed by atoms with E-state index in [1.807, 2.05) is 6.07 Å². The van der Waals surface area contributed by atoms with Crippen molar-refractivity contribution in [2.24, 2.45) is 5.73 Å². The standard InChI is InChI=1S/C11H12N2O2/c12-8-6-10(14)13(11(15)7-8)9-4-2-1-3-5-9/h1-5,8H,6-7,12H2. The molecule has 1 fully saturated rings. The largest absolute Gasteiger partial charge is 0.327 e. The summed E-state index contributed by atoms with van der Waals surface area (Å²) in [4.78, 5) is 24.5. The van der Waals surface area contributed by atoms with Crippen LogP contribution in [0, 0.1) is 0 Å². The summed E-state index contributed by atoms with van der Waals surface area (Å²) in [5.41, 5.74) is 6.21. The molecule has 2 N–H and O–H groups in total. The zero-order chi connectivity index (χ0) is 10.8. The maximum atomic E-state index is 11.6. The summed E-state index contributed by atoms with van der Waals surface area (Å²) in [7, 11) is 0. The highest BCUT2D eigenvalue weighted by molar-refractivity contribution is 6.16. The van der Waals surface area contributed by atoms with Gasteiger partial charge in [0, 0.05) is 18.9 Å². The maximum absolute atomic E-state index is 11.6. The Bertz CT molecular complexity index is 371. The number of benzene rings is 1. The minimum absolute atomic E-state index is 0.218. The van der Waals surface area contributed by atoms with E-state index in [0.29, 0.717) is 5.69 Å². The smallest absolute Gasteiger partial charge is 0.235 e. The summed E-state index contributed by atoms with van der Waals surface area (Å²) in [5, 5.41) is 0. The molecule has 0 aliphatic carbocycles. The summed E-state index contributed by atoms with van der Waals surface area (Å²) in [5.74, 6) is -0.435. The van der Waals surface area contributed by atoms with Crippen molar-refractivity contribution >= 4 is 17.5 Å². The molecular formula is C11H12N2O2. The fourth-order valence-corrected chi connectivity index (χ4v) is 1.71. The summed E-state index contributed by atoms with van der Waals surface area (Å²) in [6, 6.07) is 8.59. The van der Waals surface area contributed by atoms with Crippen LogP contribution in [0.25, 0.3) is 0 Å². The Hall–Kier alpha value is -1.68. The van der Waals surface area contributed by atoms with Gasteiger partial charge in [0.2, 0.25) is 11.8 Å². The minimum atomic E-state index is -0.329. The summed E-state index contributed by atoms with van der Waals surface area (Å²) in [6.07, 6.45) is 0.473. The minimum Gasteiger partial charge on any atom is -0.327 e. The van der Waals surface area contributed by atoms with Gasteiger partial charge in [-0.3, -0.25) is 14.5 Å². The number of para-hydroxylation sites is 1. The number of hydrogen-bond donors (Lipinski definition) is 1. The van der Waals surface area contributed by atoms with Crippen LogP contribution in [0.5, 0.6) is 0 Å². The Morgan fingerprint density at radius 1 is 1.07 bits per heavy atom. The van der Waals surface area contributed by atoms with Gasteiger partial charge in [-0.2, -0.15) is 0 Å². The van der Waals surface area contributed by atoms with Gasteiger partial charge in [0.25, 0.3) is 0 Å². The van der Waals surface area contributed by atoms with Gasteiger partial charge in [0.1, 0.15) is 0 Å². The van der Waals surface area contributed by atoms with E-state index in [2.05, 4.69) is 0 Å². The van der Waals surface area contributed by atoms with Crippen LogP contribution in [0.2, 0.25) is 0 Å². The van der Waals surface area contributed by atoms with Crippen molar-refractivity contribution in [2.45, 2.75) is 18.9 Å². The topological polar surface area (TPSA) is 63.4 Å². The van der Waals surface area contributed by atoms with E-state index >= 15 is 0 Å². The van der Waals surface area contributed by atoms with Crippen molar-refractivity contribution < 1.29 is 9.59 Å². The van der Waals surface area contributed by atoms with E-state index < -0.39 is 0 Å². The fraction of sp³-hybridized carbons (Fsp3) is 0.273. The number of nitrogens with two attached hydrogens (primary N) is 1. The number of hydrogen-bond acceptors (Lipinski definition) is 3. The SMILES string of the molecule is NC1CC(=O)N(c2ccccc2)C(=O)C1. The zero-order valence-corrected chi connectivity index (χ0v) is 8.22. The molecular weight excluding hydrogens is 192 g/mol. The second-order valence-electron chi connectivity index (χ2n) is 3.63. The molecule has 0 radical (unpaired) electrons. The highest BCUT2D eigenvalue weighted by Crippen LogP contribution is 2.20. The van der Waals surface area contributed by atoms with Crippen LogP contribution < -0.4 is 10.6 Å². The lowest BCUT2D eigenvalue weighted by Crippen LogP contribution is -2.47. The number of amides is 2. The monoisotopic (exact) mass is 204 g/mol. The molecule has 4 nitrogen and oxygen atoms in total. The Morgan fingerprint density at radius 3 is 2.13 bits per heavy atom. The van der Waals surface area contributed by atoms with Crippen molar-refractivity contribution in [1.82, 2.24) is 0 Å². The quantitative estimate of drug-likeness (QED) is 0.684. The van der Waals surface area contributed by atoms with Gasteiger partial charge >= 0.3 is 0 Å². The van der Waals surface area contributed by atoms with Crippen molar-refractivity contribution in [3.63, 3.8) is 0 Å². The molecule has 1 aliphatic heterocycles. The second kappa shape index (κ2) is 3.82. The second-order valence-corrected chi connectivity index (χ2v) is 3.63. The van der Waals surface area contributed by atoms with Crippen LogP contribution in [-0.4, -0.2) is 17.9 Å². The van der Waals surface area contributed by atoms with Gasteiger partial charge < -0.3 is 5.73 Å². The number of carbonyl (C=O) groups excluding carboxylic acids is 2. The van der Waals surface area contributed by atoms with Crippen molar-refractivity contribution in [2.75, 3.05) is 4.90 Å². The molecule has 15 heavy (non-hydrogen) atoms. The summed E-state index contributed by atoms with van der Waals surface area (Å²) < 4.78 is 0. The average Bonchev–Trinajstić information content (AvgIpc) is 2.17. The van der Waals surface area contributed by atoms with E-state index in [4.69, 9.17) is 5.73 Å². The fourth-order valence-electron chi connectivity index (χ4n) is 1.71. The number of carbonyl (C=O) groups is 2. The number of anilines is 1. The molecule has 78 valence electrons. The molecule has 1 aromatic rings. The molecule has 0 bridgehead atoms. The van der Waals surface area contributed by atoms with E-state index in [9.17, 15) is 9.59 Å². The Kier molecular flexibility index (Phi) is 2.51. The van der Waals surface area contributed by atoms with Gasteiger partial charge in [-0.1, -0.05) is 18.2 Å². The number of rotatable bonds is 1.